The van der Waals surface area contributed by atoms with Gasteiger partial charge in [0.05, 0.1) is 6.54 Å². The molecule has 1 aromatic carbocycles. The highest BCUT2D eigenvalue weighted by Crippen LogP contribution is 2.31. The predicted octanol–water partition coefficient (Wildman–Crippen LogP) is 3.24. The molecule has 4 amide bonds. The van der Waals surface area contributed by atoms with Crippen LogP contribution in [0.3, 0.4) is 0 Å². The minimum Gasteiger partial charge on any atom is -0.480 e. The first-order valence-corrected chi connectivity index (χ1v) is 13.2. The Morgan fingerprint density at radius 1 is 1.03 bits per heavy atom. The van der Waals surface area contributed by atoms with Gasteiger partial charge in [0, 0.05) is 25.0 Å². The van der Waals surface area contributed by atoms with Gasteiger partial charge in [0.1, 0.15) is 18.2 Å². The molecule has 3 atom stereocenters. The van der Waals surface area contributed by atoms with Gasteiger partial charge in [-0.05, 0) is 50.7 Å². The van der Waals surface area contributed by atoms with E-state index in [2.05, 4.69) is 10.6 Å². The molecule has 202 valence electrons. The monoisotopic (exact) mass is 514 g/mol. The van der Waals surface area contributed by atoms with Crippen molar-refractivity contribution in [2.24, 2.45) is 5.92 Å². The molecule has 3 aliphatic rings. The van der Waals surface area contributed by atoms with E-state index in [1.165, 1.54) is 4.90 Å². The van der Waals surface area contributed by atoms with Crippen LogP contribution in [0, 0.1) is 5.92 Å². The lowest BCUT2D eigenvalue weighted by molar-refractivity contribution is -0.149. The van der Waals surface area contributed by atoms with Gasteiger partial charge in [-0.1, -0.05) is 43.5 Å². The van der Waals surface area contributed by atoms with E-state index in [-0.39, 0.29) is 18.9 Å². The molecule has 2 heterocycles. The van der Waals surface area contributed by atoms with Crippen molar-refractivity contribution in [3.05, 3.63) is 35.4 Å². The van der Waals surface area contributed by atoms with Crippen LogP contribution in [-0.2, 0) is 27.4 Å². The second-order valence-corrected chi connectivity index (χ2v) is 11.4. The van der Waals surface area contributed by atoms with Crippen LogP contribution in [0.2, 0.25) is 0 Å². The van der Waals surface area contributed by atoms with Crippen LogP contribution in [0.25, 0.3) is 0 Å². The van der Waals surface area contributed by atoms with Gasteiger partial charge in [-0.3, -0.25) is 9.69 Å². The van der Waals surface area contributed by atoms with Crippen molar-refractivity contribution in [2.75, 3.05) is 6.54 Å². The van der Waals surface area contributed by atoms with E-state index < -0.39 is 47.7 Å². The number of carbonyl (C=O) groups excluding carboxylic acids is 3. The molecule has 0 unspecified atom stereocenters. The van der Waals surface area contributed by atoms with E-state index >= 15 is 0 Å². The average Bonchev–Trinajstić information content (AvgIpc) is 3.46. The molecule has 0 bridgehead atoms. The maximum absolute atomic E-state index is 13.8. The van der Waals surface area contributed by atoms with E-state index in [1.807, 2.05) is 45.0 Å². The number of aliphatic carboxylic acids is 1. The summed E-state index contributed by atoms with van der Waals surface area (Å²) in [6.07, 6.45) is 3.31. The van der Waals surface area contributed by atoms with Crippen molar-refractivity contribution < 1.29 is 29.0 Å². The van der Waals surface area contributed by atoms with Gasteiger partial charge in [0.15, 0.2) is 0 Å². The Labute approximate surface area is 217 Å². The molecule has 1 saturated heterocycles. The van der Waals surface area contributed by atoms with Crippen molar-refractivity contribution in [2.45, 2.75) is 96.1 Å². The van der Waals surface area contributed by atoms with Crippen LogP contribution < -0.4 is 10.6 Å². The van der Waals surface area contributed by atoms with Gasteiger partial charge in [0.2, 0.25) is 5.91 Å². The highest BCUT2D eigenvalue weighted by Gasteiger charge is 2.46. The van der Waals surface area contributed by atoms with Crippen LogP contribution in [-0.4, -0.2) is 69.2 Å². The fourth-order valence-electron chi connectivity index (χ4n) is 5.59. The third-order valence-corrected chi connectivity index (χ3v) is 7.36. The summed E-state index contributed by atoms with van der Waals surface area (Å²) in [4.78, 5) is 54.3. The smallest absolute Gasteiger partial charge is 0.410 e. The van der Waals surface area contributed by atoms with Crippen molar-refractivity contribution in [1.29, 1.82) is 0 Å². The molecular weight excluding hydrogens is 476 g/mol. The SMILES string of the molecule is CC(C)(C)NC(=O)N[C@H](C(=O)N1C[C@H](OC(=O)N2Cc3ccccc3C2)C[C@H]1C(=O)O)C1CCCCC1. The maximum Gasteiger partial charge on any atom is 0.410 e. The summed E-state index contributed by atoms with van der Waals surface area (Å²) in [6.45, 7) is 6.40. The lowest BCUT2D eigenvalue weighted by Crippen LogP contribution is -2.58. The zero-order chi connectivity index (χ0) is 26.7. The number of likely N-dealkylation sites (tertiary alicyclic amines) is 1. The molecule has 1 saturated carbocycles. The Morgan fingerprint density at radius 2 is 1.65 bits per heavy atom. The minimum atomic E-state index is -1.15. The Bertz CT molecular complexity index is 1010. The van der Waals surface area contributed by atoms with E-state index in [4.69, 9.17) is 4.74 Å². The quantitative estimate of drug-likeness (QED) is 0.553. The number of fused-ring (bicyclic) bond motifs is 1. The highest BCUT2D eigenvalue weighted by atomic mass is 16.6. The number of amides is 4. The summed E-state index contributed by atoms with van der Waals surface area (Å²) in [7, 11) is 0. The fraction of sp³-hybridized carbons (Fsp3) is 0.630. The first kappa shape index (κ1) is 26.8. The first-order valence-electron chi connectivity index (χ1n) is 13.2. The summed E-state index contributed by atoms with van der Waals surface area (Å²) >= 11 is 0. The van der Waals surface area contributed by atoms with Crippen LogP contribution in [0.15, 0.2) is 24.3 Å². The molecule has 2 fully saturated rings. The largest absolute Gasteiger partial charge is 0.480 e. The summed E-state index contributed by atoms with van der Waals surface area (Å²) in [5.74, 6) is -1.66. The molecule has 2 aliphatic heterocycles. The van der Waals surface area contributed by atoms with Crippen molar-refractivity contribution in [3.63, 3.8) is 0 Å². The van der Waals surface area contributed by atoms with Gasteiger partial charge in [-0.2, -0.15) is 0 Å². The van der Waals surface area contributed by atoms with Crippen LogP contribution in [0.1, 0.15) is 70.4 Å². The molecule has 0 spiro atoms. The van der Waals surface area contributed by atoms with Crippen molar-refractivity contribution >= 4 is 24.0 Å². The number of nitrogens with zero attached hydrogens (tertiary/aromatic N) is 2. The summed E-state index contributed by atoms with van der Waals surface area (Å²) in [6, 6.07) is 5.35. The second kappa shape index (κ2) is 11.0. The third kappa shape index (κ3) is 6.53. The Kier molecular flexibility index (Phi) is 7.94. The normalized spacial score (nSPS) is 22.8. The number of carboxylic acids is 1. The lowest BCUT2D eigenvalue weighted by Gasteiger charge is -2.34. The molecule has 10 nitrogen and oxygen atoms in total. The standard InChI is InChI=1S/C27H38N4O6/c1-27(2,3)29-25(35)28-22(17-9-5-4-6-10-17)23(32)31-16-20(13-21(31)24(33)34)37-26(36)30-14-18-11-7-8-12-19(18)15-30/h7-8,11-12,17,20-22H,4-6,9-10,13-16H2,1-3H3,(H,33,34)(H2,28,29,35)/t20-,21+,22+/m1/s1. The molecule has 1 aliphatic carbocycles. The summed E-state index contributed by atoms with van der Waals surface area (Å²) in [5.41, 5.74) is 1.62. The van der Waals surface area contributed by atoms with Crippen LogP contribution in [0.5, 0.6) is 0 Å². The Balaban J connectivity index is 1.45. The predicted molar refractivity (Wildman–Crippen MR) is 135 cm³/mol. The van der Waals surface area contributed by atoms with Crippen LogP contribution in [0.4, 0.5) is 9.59 Å². The first-order chi connectivity index (χ1) is 17.5. The molecule has 3 N–H and O–H groups in total. The number of ether oxygens (including phenoxy) is 1. The molecule has 0 aromatic heterocycles. The van der Waals surface area contributed by atoms with Crippen molar-refractivity contribution in [1.82, 2.24) is 20.4 Å². The topological polar surface area (TPSA) is 128 Å². The van der Waals surface area contributed by atoms with Gasteiger partial charge in [0.25, 0.3) is 0 Å². The molecule has 0 radical (unpaired) electrons. The van der Waals surface area contributed by atoms with Gasteiger partial charge >= 0.3 is 18.1 Å². The van der Waals surface area contributed by atoms with Gasteiger partial charge < -0.3 is 25.4 Å². The van der Waals surface area contributed by atoms with E-state index in [1.54, 1.807) is 4.90 Å². The number of nitrogens with one attached hydrogen (secondary N) is 2. The van der Waals surface area contributed by atoms with E-state index in [0.717, 1.165) is 43.2 Å². The molecule has 1 aromatic rings. The Hall–Kier alpha value is -3.30. The lowest BCUT2D eigenvalue weighted by atomic mass is 9.83. The molecular formula is C27H38N4O6. The van der Waals surface area contributed by atoms with E-state index in [0.29, 0.717) is 13.1 Å². The number of benzene rings is 1. The number of urea groups is 1. The van der Waals surface area contributed by atoms with Crippen LogP contribution >= 0.6 is 0 Å². The van der Waals surface area contributed by atoms with Gasteiger partial charge in [-0.25, -0.2) is 14.4 Å². The second-order valence-electron chi connectivity index (χ2n) is 11.4. The average molecular weight is 515 g/mol. The number of hydrogen-bond acceptors (Lipinski definition) is 5. The third-order valence-electron chi connectivity index (χ3n) is 7.36. The fourth-order valence-corrected chi connectivity index (χ4v) is 5.59. The minimum absolute atomic E-state index is 0.0131. The maximum atomic E-state index is 13.8. The number of rotatable bonds is 5. The zero-order valence-electron chi connectivity index (χ0n) is 21.9. The summed E-state index contributed by atoms with van der Waals surface area (Å²) in [5, 5.41) is 15.6. The van der Waals surface area contributed by atoms with E-state index in [9.17, 15) is 24.3 Å². The molecule has 4 rings (SSSR count). The highest BCUT2D eigenvalue weighted by molar-refractivity contribution is 5.91. The van der Waals surface area contributed by atoms with Gasteiger partial charge in [-0.15, -0.1) is 0 Å². The number of carbonyl (C=O) groups is 4. The Morgan fingerprint density at radius 3 is 2.22 bits per heavy atom. The number of carboxylic acid groups (broad SMARTS) is 1. The summed E-state index contributed by atoms with van der Waals surface area (Å²) < 4.78 is 5.69. The zero-order valence-corrected chi connectivity index (χ0v) is 21.9. The molecule has 10 heteroatoms. The number of hydrogen-bond donors (Lipinski definition) is 3. The van der Waals surface area contributed by atoms with Crippen molar-refractivity contribution in [3.8, 4) is 0 Å². The molecule has 37 heavy (non-hydrogen) atoms.